The van der Waals surface area contributed by atoms with Crippen molar-refractivity contribution in [2.75, 3.05) is 0 Å². The van der Waals surface area contributed by atoms with Gasteiger partial charge in [-0.15, -0.1) is 0 Å². The summed E-state index contributed by atoms with van der Waals surface area (Å²) in [6, 6.07) is 0. The van der Waals surface area contributed by atoms with Gasteiger partial charge in [0.15, 0.2) is 0 Å². The summed E-state index contributed by atoms with van der Waals surface area (Å²) in [5.41, 5.74) is 0. The van der Waals surface area contributed by atoms with Gasteiger partial charge in [0.2, 0.25) is 0 Å². The van der Waals surface area contributed by atoms with Crippen molar-refractivity contribution < 1.29 is 19.8 Å². The van der Waals surface area contributed by atoms with E-state index < -0.39 is 5.97 Å². The van der Waals surface area contributed by atoms with Crippen LogP contribution in [0.4, 0.5) is 0 Å². The summed E-state index contributed by atoms with van der Waals surface area (Å²) in [4.78, 5) is 22.7. The van der Waals surface area contributed by atoms with Crippen molar-refractivity contribution in [1.29, 1.82) is 0 Å². The minimum atomic E-state index is -0.761. The molecule has 0 spiro atoms. The number of Topliss-reactive ketones (excluding diaryl/α,β-unsaturated/α-hetero) is 1. The molecule has 2 N–H and O–H groups in total. The predicted octanol–water partition coefficient (Wildman–Crippen LogP) is 4.14. The van der Waals surface area contributed by atoms with Gasteiger partial charge in [-0.05, 0) is 75.0 Å². The van der Waals surface area contributed by atoms with Crippen LogP contribution in [0.3, 0.4) is 0 Å². The second-order valence-corrected chi connectivity index (χ2v) is 8.47. The largest absolute Gasteiger partial charge is 0.481 e. The molecule has 2 unspecified atom stereocenters. The maximum atomic E-state index is 12.2. The molecule has 0 aromatic rings. The summed E-state index contributed by atoms with van der Waals surface area (Å²) < 4.78 is 0. The van der Waals surface area contributed by atoms with Gasteiger partial charge < -0.3 is 10.2 Å². The summed E-state index contributed by atoms with van der Waals surface area (Å²) in [6.07, 6.45) is 16.6. The lowest BCUT2D eigenvalue weighted by atomic mass is 9.77. The molecular formula is C22H32O4. The third-order valence-corrected chi connectivity index (χ3v) is 6.80. The van der Waals surface area contributed by atoms with Crippen molar-refractivity contribution in [3.8, 4) is 0 Å². The van der Waals surface area contributed by atoms with Gasteiger partial charge in [-0.3, -0.25) is 9.59 Å². The summed E-state index contributed by atoms with van der Waals surface area (Å²) in [5, 5.41) is 19.1. The highest BCUT2D eigenvalue weighted by Crippen LogP contribution is 2.50. The van der Waals surface area contributed by atoms with E-state index in [2.05, 4.69) is 6.08 Å². The highest BCUT2D eigenvalue weighted by Gasteiger charge is 2.42. The fourth-order valence-corrected chi connectivity index (χ4v) is 5.03. The predicted molar refractivity (Wildman–Crippen MR) is 101 cm³/mol. The molecule has 3 saturated carbocycles. The Hall–Kier alpha value is -1.42. The number of hydrogen-bond donors (Lipinski definition) is 2. The monoisotopic (exact) mass is 360 g/mol. The third-order valence-electron chi connectivity index (χ3n) is 6.80. The Balaban J connectivity index is 1.44. The van der Waals surface area contributed by atoms with Crippen LogP contribution >= 0.6 is 0 Å². The Morgan fingerprint density at radius 2 is 1.88 bits per heavy atom. The summed E-state index contributed by atoms with van der Waals surface area (Å²) in [7, 11) is 0. The second-order valence-electron chi connectivity index (χ2n) is 8.47. The number of aliphatic hydroxyl groups excluding tert-OH is 1. The van der Waals surface area contributed by atoms with Crippen molar-refractivity contribution in [3.63, 3.8) is 0 Å². The number of carboxylic acid groups (broad SMARTS) is 1. The third kappa shape index (κ3) is 4.85. The normalized spacial score (nSPS) is 35.1. The van der Waals surface area contributed by atoms with E-state index in [1.807, 2.05) is 18.2 Å². The smallest absolute Gasteiger partial charge is 0.303 e. The van der Waals surface area contributed by atoms with E-state index in [0.29, 0.717) is 24.5 Å². The molecule has 0 aromatic carbocycles. The van der Waals surface area contributed by atoms with E-state index in [1.165, 1.54) is 25.7 Å². The van der Waals surface area contributed by atoms with Crippen molar-refractivity contribution in [3.05, 3.63) is 24.3 Å². The molecule has 3 aliphatic rings. The standard InChI is InChI=1S/C22H32O4/c23-20(18-13-16-7-8-17(16)14-18)11-9-15-10-12-21(24)19(15)5-3-1-2-4-6-22(25)26/h1,3,9,11,15-20,23H,2,4-8,10,12-14H2,(H,25,26)/b3-1-,11-9+/t15-,16?,17?,18?,19+,20+/m0/s1. The maximum Gasteiger partial charge on any atom is 0.303 e. The quantitative estimate of drug-likeness (QED) is 0.479. The Labute approximate surface area is 156 Å². The van der Waals surface area contributed by atoms with Crippen molar-refractivity contribution in [2.24, 2.45) is 29.6 Å². The number of allylic oxidation sites excluding steroid dienone is 3. The first-order valence-electron chi connectivity index (χ1n) is 10.3. The average Bonchev–Trinajstić information content (AvgIpc) is 3.08. The number of aliphatic hydroxyl groups is 1. The number of rotatable bonds is 9. The van der Waals surface area contributed by atoms with Gasteiger partial charge in [-0.1, -0.05) is 24.3 Å². The second kappa shape index (κ2) is 8.98. The Morgan fingerprint density at radius 1 is 1.15 bits per heavy atom. The fraction of sp³-hybridized carbons (Fsp3) is 0.727. The first-order valence-corrected chi connectivity index (χ1v) is 10.3. The van der Waals surface area contributed by atoms with Crippen LogP contribution in [0.25, 0.3) is 0 Å². The van der Waals surface area contributed by atoms with Crippen LogP contribution in [0.1, 0.15) is 64.2 Å². The summed E-state index contributed by atoms with van der Waals surface area (Å²) in [5.74, 6) is 1.94. The van der Waals surface area contributed by atoms with Gasteiger partial charge in [-0.25, -0.2) is 0 Å². The number of carbonyl (C=O) groups excluding carboxylic acids is 1. The number of ketones is 1. The van der Waals surface area contributed by atoms with Crippen LogP contribution in [-0.4, -0.2) is 28.1 Å². The van der Waals surface area contributed by atoms with E-state index in [-0.39, 0.29) is 24.4 Å². The van der Waals surface area contributed by atoms with Crippen molar-refractivity contribution in [1.82, 2.24) is 0 Å². The zero-order chi connectivity index (χ0) is 18.5. The molecule has 144 valence electrons. The Bertz CT molecular complexity index is 552. The van der Waals surface area contributed by atoms with E-state index in [0.717, 1.165) is 31.1 Å². The molecule has 5 atom stereocenters. The van der Waals surface area contributed by atoms with E-state index in [1.54, 1.807) is 0 Å². The minimum absolute atomic E-state index is 0.0222. The number of hydrogen-bond acceptors (Lipinski definition) is 3. The van der Waals surface area contributed by atoms with Gasteiger partial charge >= 0.3 is 5.97 Å². The lowest BCUT2D eigenvalue weighted by molar-refractivity contribution is -0.137. The van der Waals surface area contributed by atoms with Crippen LogP contribution in [-0.2, 0) is 9.59 Å². The highest BCUT2D eigenvalue weighted by atomic mass is 16.4. The van der Waals surface area contributed by atoms with Crippen molar-refractivity contribution >= 4 is 11.8 Å². The molecule has 3 rings (SSSR count). The lowest BCUT2D eigenvalue weighted by Gasteiger charge is -2.29. The number of unbranched alkanes of at least 4 members (excludes halogenated alkanes) is 1. The molecule has 0 bridgehead atoms. The molecule has 0 heterocycles. The molecule has 0 aromatic heterocycles. The van der Waals surface area contributed by atoms with Gasteiger partial charge in [0.1, 0.15) is 5.78 Å². The first kappa shape index (κ1) is 19.3. The lowest BCUT2D eigenvalue weighted by Crippen LogP contribution is -2.18. The maximum absolute atomic E-state index is 12.2. The van der Waals surface area contributed by atoms with Crippen LogP contribution in [0.5, 0.6) is 0 Å². The molecule has 0 radical (unpaired) electrons. The fourth-order valence-electron chi connectivity index (χ4n) is 5.03. The SMILES string of the molecule is O=C(O)CCC/C=C\C[C@H]1C(=O)CC[C@@H]1/C=C/[C@@H](O)C1CC2CCC2C1. The van der Waals surface area contributed by atoms with Crippen LogP contribution in [0, 0.1) is 29.6 Å². The number of carbonyl (C=O) groups is 2. The number of aliphatic carboxylic acids is 1. The van der Waals surface area contributed by atoms with Gasteiger partial charge in [-0.2, -0.15) is 0 Å². The molecule has 0 amide bonds. The molecule has 3 aliphatic carbocycles. The van der Waals surface area contributed by atoms with Crippen molar-refractivity contribution in [2.45, 2.75) is 70.3 Å². The first-order chi connectivity index (χ1) is 12.5. The van der Waals surface area contributed by atoms with Crippen LogP contribution in [0.2, 0.25) is 0 Å². The summed E-state index contributed by atoms with van der Waals surface area (Å²) >= 11 is 0. The molecule has 0 aliphatic heterocycles. The zero-order valence-corrected chi connectivity index (χ0v) is 15.6. The molecule has 0 saturated heterocycles. The van der Waals surface area contributed by atoms with Crippen LogP contribution < -0.4 is 0 Å². The van der Waals surface area contributed by atoms with E-state index in [4.69, 9.17) is 5.11 Å². The average molecular weight is 360 g/mol. The molecule has 4 nitrogen and oxygen atoms in total. The van der Waals surface area contributed by atoms with Gasteiger partial charge in [0.25, 0.3) is 0 Å². The van der Waals surface area contributed by atoms with E-state index in [9.17, 15) is 14.7 Å². The van der Waals surface area contributed by atoms with Gasteiger partial charge in [0, 0.05) is 18.8 Å². The van der Waals surface area contributed by atoms with Crippen LogP contribution in [0.15, 0.2) is 24.3 Å². The van der Waals surface area contributed by atoms with E-state index >= 15 is 0 Å². The Kier molecular flexibility index (Phi) is 6.68. The minimum Gasteiger partial charge on any atom is -0.481 e. The highest BCUT2D eigenvalue weighted by molar-refractivity contribution is 5.83. The number of carboxylic acids is 1. The Morgan fingerprint density at radius 3 is 2.54 bits per heavy atom. The molecule has 26 heavy (non-hydrogen) atoms. The van der Waals surface area contributed by atoms with Gasteiger partial charge in [0.05, 0.1) is 6.10 Å². The number of fused-ring (bicyclic) bond motifs is 1. The molecular weight excluding hydrogens is 328 g/mol. The topological polar surface area (TPSA) is 74.6 Å². The zero-order valence-electron chi connectivity index (χ0n) is 15.6. The summed E-state index contributed by atoms with van der Waals surface area (Å²) in [6.45, 7) is 0. The molecule has 4 heteroatoms. The molecule has 3 fully saturated rings.